The third kappa shape index (κ3) is 1.85. The fourth-order valence-electron chi connectivity index (χ4n) is 0.564. The third-order valence-electron chi connectivity index (χ3n) is 1.04. The number of anilines is 1. The molecule has 0 bridgehead atoms. The summed E-state index contributed by atoms with van der Waals surface area (Å²) in [7, 11) is 0. The molecule has 58 valence electrons. The zero-order valence-electron chi connectivity index (χ0n) is 5.87. The lowest BCUT2D eigenvalue weighted by Crippen LogP contribution is -1.96. The summed E-state index contributed by atoms with van der Waals surface area (Å²) in [6.07, 6.45) is 1.37. The van der Waals surface area contributed by atoms with Crippen molar-refractivity contribution in [2.75, 3.05) is 5.73 Å². The molecule has 0 unspecified atom stereocenters. The topological polar surface area (TPSA) is 75.6 Å². The number of nitrogens with two attached hydrogens (primary N) is 1. The van der Waals surface area contributed by atoms with Gasteiger partial charge in [-0.1, -0.05) is 0 Å². The predicted octanol–water partition coefficient (Wildman–Crippen LogP) is 0.587. The monoisotopic (exact) mass is 178 g/mol. The van der Waals surface area contributed by atoms with Crippen molar-refractivity contribution >= 4 is 17.4 Å². The highest BCUT2D eigenvalue weighted by molar-refractivity contribution is 6.28. The minimum atomic E-state index is 0.0648. The van der Waals surface area contributed by atoms with E-state index in [1.165, 1.54) is 6.20 Å². The minimum absolute atomic E-state index is 0.0648. The molecule has 0 saturated heterocycles. The summed E-state index contributed by atoms with van der Waals surface area (Å²) >= 11 is 5.44. The van der Waals surface area contributed by atoms with Gasteiger partial charge in [0.05, 0.1) is 5.56 Å². The van der Waals surface area contributed by atoms with Gasteiger partial charge in [0.2, 0.25) is 5.28 Å². The summed E-state index contributed by atoms with van der Waals surface area (Å²) < 4.78 is 0. The molecule has 0 aliphatic rings. The van der Waals surface area contributed by atoms with Crippen LogP contribution in [0.15, 0.2) is 6.20 Å². The number of halogens is 1. The van der Waals surface area contributed by atoms with Crippen LogP contribution in [0.4, 0.5) is 5.82 Å². The van der Waals surface area contributed by atoms with Gasteiger partial charge in [0.25, 0.3) is 0 Å². The highest BCUT2D eigenvalue weighted by Crippen LogP contribution is 2.07. The van der Waals surface area contributed by atoms with Gasteiger partial charge >= 0.3 is 0 Å². The summed E-state index contributed by atoms with van der Waals surface area (Å²) in [5, 5.41) is 8.21. The maximum atomic E-state index is 8.14. The van der Waals surface area contributed by atoms with Crippen LogP contribution in [0.25, 0.3) is 0 Å². The smallest absolute Gasteiger partial charge is 0.224 e. The summed E-state index contributed by atoms with van der Waals surface area (Å²) in [5.41, 5.74) is 5.82. The Morgan fingerprint density at radius 1 is 1.58 bits per heavy atom. The molecule has 0 aliphatic heterocycles. The van der Waals surface area contributed by atoms with Crippen molar-refractivity contribution in [3.63, 3.8) is 0 Å². The van der Waals surface area contributed by atoms with Gasteiger partial charge in [-0.25, -0.2) is 4.98 Å². The van der Waals surface area contributed by atoms with Crippen molar-refractivity contribution in [2.45, 2.75) is 0 Å². The molecule has 1 rings (SSSR count). The summed E-state index contributed by atoms with van der Waals surface area (Å²) in [5.74, 6) is 4.83. The second kappa shape index (κ2) is 3.56. The van der Waals surface area contributed by atoms with Gasteiger partial charge in [-0.05, 0) is 17.5 Å². The van der Waals surface area contributed by atoms with Crippen LogP contribution in [0.1, 0.15) is 5.56 Å². The number of nitrogens with zero attached hydrogens (tertiary/aromatic N) is 3. The van der Waals surface area contributed by atoms with Crippen LogP contribution in [0.5, 0.6) is 0 Å². The summed E-state index contributed by atoms with van der Waals surface area (Å²) in [4.78, 5) is 7.30. The Kier molecular flexibility index (Phi) is 2.47. The fraction of sp³-hybridized carbons (Fsp3) is 0. The van der Waals surface area contributed by atoms with E-state index in [0.717, 1.165) is 0 Å². The molecule has 5 heteroatoms. The van der Waals surface area contributed by atoms with E-state index in [1.54, 1.807) is 6.07 Å². The Morgan fingerprint density at radius 3 is 2.92 bits per heavy atom. The van der Waals surface area contributed by atoms with Gasteiger partial charge in [0.15, 0.2) is 6.07 Å². The molecule has 1 aromatic rings. The standard InChI is InChI=1S/C7H3ClN4/c8-7-11-4-5(2-1-3-9)6(10)12-7/h4H,(H2,10,11,12). The molecule has 0 aliphatic carbocycles. The molecular formula is C7H3ClN4. The highest BCUT2D eigenvalue weighted by Gasteiger charge is 1.98. The maximum absolute atomic E-state index is 8.14. The van der Waals surface area contributed by atoms with Crippen LogP contribution in [-0.2, 0) is 0 Å². The van der Waals surface area contributed by atoms with E-state index in [4.69, 9.17) is 22.6 Å². The number of nitriles is 1. The molecular weight excluding hydrogens is 176 g/mol. The van der Waals surface area contributed by atoms with Crippen LogP contribution >= 0.6 is 11.6 Å². The van der Waals surface area contributed by atoms with E-state index in [9.17, 15) is 0 Å². The molecule has 0 amide bonds. The van der Waals surface area contributed by atoms with Crippen molar-refractivity contribution in [3.8, 4) is 17.9 Å². The van der Waals surface area contributed by atoms with E-state index >= 15 is 0 Å². The van der Waals surface area contributed by atoms with Gasteiger partial charge in [0.1, 0.15) is 5.82 Å². The first kappa shape index (κ1) is 8.32. The van der Waals surface area contributed by atoms with Crippen LogP contribution in [0, 0.1) is 23.2 Å². The lowest BCUT2D eigenvalue weighted by Gasteiger charge is -1.94. The molecule has 0 aromatic carbocycles. The number of nitrogen functional groups attached to an aromatic ring is 1. The first-order valence-electron chi connectivity index (χ1n) is 2.92. The van der Waals surface area contributed by atoms with Crippen LogP contribution in [0.3, 0.4) is 0 Å². The molecule has 1 heterocycles. The third-order valence-corrected chi connectivity index (χ3v) is 1.22. The van der Waals surface area contributed by atoms with E-state index < -0.39 is 0 Å². The molecule has 0 fully saturated rings. The van der Waals surface area contributed by atoms with E-state index in [0.29, 0.717) is 5.56 Å². The Bertz CT molecular complexity index is 396. The Morgan fingerprint density at radius 2 is 2.33 bits per heavy atom. The Labute approximate surface area is 74.0 Å². The van der Waals surface area contributed by atoms with Crippen LogP contribution in [-0.4, -0.2) is 9.97 Å². The van der Waals surface area contributed by atoms with Crippen LogP contribution in [0.2, 0.25) is 5.28 Å². The molecule has 0 atom stereocenters. The molecule has 2 N–H and O–H groups in total. The highest BCUT2D eigenvalue weighted by atomic mass is 35.5. The van der Waals surface area contributed by atoms with Gasteiger partial charge in [0, 0.05) is 12.1 Å². The predicted molar refractivity (Wildman–Crippen MR) is 43.9 cm³/mol. The van der Waals surface area contributed by atoms with Crippen molar-refractivity contribution in [1.29, 1.82) is 5.26 Å². The maximum Gasteiger partial charge on any atom is 0.224 e. The number of aromatic nitrogens is 2. The quantitative estimate of drug-likeness (QED) is 0.466. The molecule has 4 nitrogen and oxygen atoms in total. The largest absolute Gasteiger partial charge is 0.383 e. The SMILES string of the molecule is N#CC#Cc1cnc(Cl)nc1N. The zero-order valence-corrected chi connectivity index (χ0v) is 6.63. The molecule has 0 radical (unpaired) electrons. The van der Waals surface area contributed by atoms with Gasteiger partial charge in [-0.2, -0.15) is 10.2 Å². The van der Waals surface area contributed by atoms with Gasteiger partial charge in [-0.15, -0.1) is 0 Å². The van der Waals surface area contributed by atoms with E-state index in [-0.39, 0.29) is 11.1 Å². The fourth-order valence-corrected chi connectivity index (χ4v) is 0.704. The van der Waals surface area contributed by atoms with Gasteiger partial charge in [-0.3, -0.25) is 0 Å². The average molecular weight is 179 g/mol. The number of hydrogen-bond donors (Lipinski definition) is 1. The first-order chi connectivity index (χ1) is 5.74. The number of rotatable bonds is 0. The second-order valence-electron chi connectivity index (χ2n) is 1.80. The molecule has 1 aromatic heterocycles. The van der Waals surface area contributed by atoms with Crippen LogP contribution < -0.4 is 5.73 Å². The first-order valence-corrected chi connectivity index (χ1v) is 3.30. The molecule has 0 spiro atoms. The second-order valence-corrected chi connectivity index (χ2v) is 2.14. The summed E-state index contributed by atoms with van der Waals surface area (Å²) in [6.45, 7) is 0. The summed E-state index contributed by atoms with van der Waals surface area (Å²) in [6, 6.07) is 1.65. The molecule has 12 heavy (non-hydrogen) atoms. The minimum Gasteiger partial charge on any atom is -0.383 e. The molecule has 0 saturated carbocycles. The van der Waals surface area contributed by atoms with Crippen molar-refractivity contribution in [1.82, 2.24) is 9.97 Å². The lowest BCUT2D eigenvalue weighted by molar-refractivity contribution is 1.17. The average Bonchev–Trinajstić information content (AvgIpc) is 2.03. The lowest BCUT2D eigenvalue weighted by atomic mass is 10.3. The van der Waals surface area contributed by atoms with Gasteiger partial charge < -0.3 is 5.73 Å². The normalized spacial score (nSPS) is 8.00. The van der Waals surface area contributed by atoms with Crippen molar-refractivity contribution < 1.29 is 0 Å². The number of hydrogen-bond acceptors (Lipinski definition) is 4. The Balaban J connectivity index is 3.12. The van der Waals surface area contributed by atoms with Crippen molar-refractivity contribution in [3.05, 3.63) is 17.0 Å². The zero-order chi connectivity index (χ0) is 8.97. The van der Waals surface area contributed by atoms with Crippen molar-refractivity contribution in [2.24, 2.45) is 0 Å². The van der Waals surface area contributed by atoms with E-state index in [1.807, 2.05) is 0 Å². The Hall–Kier alpha value is -1.78. The van der Waals surface area contributed by atoms with E-state index in [2.05, 4.69) is 21.8 Å².